The maximum absolute atomic E-state index is 10.4. The predicted molar refractivity (Wildman–Crippen MR) is 67.2 cm³/mol. The minimum Gasteiger partial charge on any atom is -0.496 e. The van der Waals surface area contributed by atoms with Crippen LogP contribution >= 0.6 is 0 Å². The number of nitrogens with one attached hydrogen (secondary N) is 1. The summed E-state index contributed by atoms with van der Waals surface area (Å²) in [6.45, 7) is 3.68. The largest absolute Gasteiger partial charge is 0.496 e. The molecular formula is C12H15N3O2. The monoisotopic (exact) mass is 233 g/mol. The highest BCUT2D eigenvalue weighted by Gasteiger charge is 2.01. The number of benzene rings is 1. The maximum atomic E-state index is 10.4. The van der Waals surface area contributed by atoms with Gasteiger partial charge in [0.1, 0.15) is 5.75 Å². The SMILES string of the molecule is C=CCc1cc(C=NNC(N)=O)ccc1OC. The summed E-state index contributed by atoms with van der Waals surface area (Å²) in [6, 6.07) is 4.88. The lowest BCUT2D eigenvalue weighted by atomic mass is 10.1. The van der Waals surface area contributed by atoms with E-state index in [0.717, 1.165) is 16.9 Å². The number of methoxy groups -OCH3 is 1. The van der Waals surface area contributed by atoms with E-state index in [1.165, 1.54) is 6.21 Å². The van der Waals surface area contributed by atoms with Gasteiger partial charge in [-0.25, -0.2) is 10.2 Å². The first-order valence-electron chi connectivity index (χ1n) is 5.03. The molecule has 0 atom stereocenters. The average Bonchev–Trinajstić information content (AvgIpc) is 2.29. The predicted octanol–water partition coefficient (Wildman–Crippen LogP) is 1.43. The lowest BCUT2D eigenvalue weighted by Crippen LogP contribution is -2.24. The number of nitrogens with two attached hydrogens (primary N) is 1. The summed E-state index contributed by atoms with van der Waals surface area (Å²) >= 11 is 0. The molecule has 0 aliphatic rings. The smallest absolute Gasteiger partial charge is 0.332 e. The summed E-state index contributed by atoms with van der Waals surface area (Å²) in [7, 11) is 1.62. The Bertz CT molecular complexity index is 441. The van der Waals surface area contributed by atoms with E-state index in [4.69, 9.17) is 10.5 Å². The van der Waals surface area contributed by atoms with Crippen LogP contribution in [0.3, 0.4) is 0 Å². The molecule has 3 N–H and O–H groups in total. The summed E-state index contributed by atoms with van der Waals surface area (Å²) < 4.78 is 5.21. The molecule has 0 radical (unpaired) electrons. The van der Waals surface area contributed by atoms with Gasteiger partial charge in [0.05, 0.1) is 13.3 Å². The molecule has 17 heavy (non-hydrogen) atoms. The second-order valence-electron chi connectivity index (χ2n) is 3.30. The van der Waals surface area contributed by atoms with Gasteiger partial charge in [0.2, 0.25) is 0 Å². The zero-order valence-electron chi connectivity index (χ0n) is 9.64. The van der Waals surface area contributed by atoms with Crippen molar-refractivity contribution >= 4 is 12.2 Å². The molecule has 0 bridgehead atoms. The number of hydrazone groups is 1. The lowest BCUT2D eigenvalue weighted by molar-refractivity contribution is 0.249. The zero-order chi connectivity index (χ0) is 12.7. The number of allylic oxidation sites excluding steroid dienone is 1. The van der Waals surface area contributed by atoms with Gasteiger partial charge in [-0.3, -0.25) is 0 Å². The van der Waals surface area contributed by atoms with Gasteiger partial charge >= 0.3 is 6.03 Å². The standard InChI is InChI=1S/C12H15N3O2/c1-3-4-10-7-9(5-6-11(10)17-2)8-14-15-12(13)16/h3,5-8H,1,4H2,2H3,(H3,13,15,16). The topological polar surface area (TPSA) is 76.7 Å². The van der Waals surface area contributed by atoms with E-state index < -0.39 is 6.03 Å². The Morgan fingerprint density at radius 1 is 1.65 bits per heavy atom. The molecule has 1 aromatic rings. The summed E-state index contributed by atoms with van der Waals surface area (Å²) in [5, 5.41) is 3.68. The Labute approximate surface area is 100.0 Å². The van der Waals surface area contributed by atoms with Crippen molar-refractivity contribution in [3.8, 4) is 5.75 Å². The number of ether oxygens (including phenoxy) is 1. The number of urea groups is 1. The van der Waals surface area contributed by atoms with Crippen LogP contribution in [0.4, 0.5) is 4.79 Å². The average molecular weight is 233 g/mol. The number of carbonyl (C=O) groups is 1. The first-order chi connectivity index (χ1) is 8.17. The van der Waals surface area contributed by atoms with Crippen molar-refractivity contribution in [2.24, 2.45) is 10.8 Å². The van der Waals surface area contributed by atoms with E-state index in [9.17, 15) is 4.79 Å². The number of nitrogens with zero attached hydrogens (tertiary/aromatic N) is 1. The van der Waals surface area contributed by atoms with Gasteiger partial charge < -0.3 is 10.5 Å². The Morgan fingerprint density at radius 2 is 2.41 bits per heavy atom. The number of carbonyl (C=O) groups excluding carboxylic acids is 1. The van der Waals surface area contributed by atoms with Crippen LogP contribution < -0.4 is 15.9 Å². The van der Waals surface area contributed by atoms with E-state index >= 15 is 0 Å². The molecule has 0 saturated heterocycles. The van der Waals surface area contributed by atoms with Gasteiger partial charge in [-0.15, -0.1) is 6.58 Å². The first kappa shape index (κ1) is 12.8. The molecule has 0 spiro atoms. The number of hydrogen-bond donors (Lipinski definition) is 2. The molecule has 0 fully saturated rings. The summed E-state index contributed by atoms with van der Waals surface area (Å²) in [5.74, 6) is 0.796. The second kappa shape index (κ2) is 6.32. The fraction of sp³-hybridized carbons (Fsp3) is 0.167. The van der Waals surface area contributed by atoms with Gasteiger partial charge in [-0.1, -0.05) is 6.08 Å². The lowest BCUT2D eigenvalue weighted by Gasteiger charge is -2.07. The highest BCUT2D eigenvalue weighted by atomic mass is 16.5. The van der Waals surface area contributed by atoms with Crippen molar-refractivity contribution in [3.63, 3.8) is 0 Å². The van der Waals surface area contributed by atoms with Crippen molar-refractivity contribution in [3.05, 3.63) is 42.0 Å². The van der Waals surface area contributed by atoms with E-state index in [0.29, 0.717) is 6.42 Å². The van der Waals surface area contributed by atoms with Crippen molar-refractivity contribution < 1.29 is 9.53 Å². The van der Waals surface area contributed by atoms with Crippen molar-refractivity contribution in [1.82, 2.24) is 5.43 Å². The molecule has 0 aliphatic carbocycles. The van der Waals surface area contributed by atoms with Gasteiger partial charge in [0.15, 0.2) is 0 Å². The molecule has 90 valence electrons. The highest BCUT2D eigenvalue weighted by Crippen LogP contribution is 2.19. The summed E-state index contributed by atoms with van der Waals surface area (Å²) in [6.07, 6.45) is 4.01. The number of hydrogen-bond acceptors (Lipinski definition) is 3. The number of amides is 2. The number of rotatable bonds is 5. The van der Waals surface area contributed by atoms with Gasteiger partial charge in [0, 0.05) is 0 Å². The van der Waals surface area contributed by atoms with Crippen LogP contribution in [-0.4, -0.2) is 19.4 Å². The van der Waals surface area contributed by atoms with Crippen LogP contribution in [0.15, 0.2) is 36.0 Å². The Kier molecular flexibility index (Phi) is 4.75. The van der Waals surface area contributed by atoms with Crippen LogP contribution in [0.2, 0.25) is 0 Å². The minimum absolute atomic E-state index is 0.693. The van der Waals surface area contributed by atoms with Gasteiger partial charge in [-0.2, -0.15) is 5.10 Å². The fourth-order valence-corrected chi connectivity index (χ4v) is 1.36. The minimum atomic E-state index is -0.693. The molecule has 0 unspecified atom stereocenters. The third-order valence-corrected chi connectivity index (χ3v) is 2.06. The molecule has 0 aromatic heterocycles. The number of primary amides is 1. The molecule has 5 nitrogen and oxygen atoms in total. The normalized spacial score (nSPS) is 10.2. The fourth-order valence-electron chi connectivity index (χ4n) is 1.36. The van der Waals surface area contributed by atoms with Crippen LogP contribution in [0.5, 0.6) is 5.75 Å². The van der Waals surface area contributed by atoms with E-state index in [-0.39, 0.29) is 0 Å². The van der Waals surface area contributed by atoms with Crippen LogP contribution in [0, 0.1) is 0 Å². The van der Waals surface area contributed by atoms with E-state index in [2.05, 4.69) is 17.1 Å². The summed E-state index contributed by atoms with van der Waals surface area (Å²) in [5.41, 5.74) is 8.86. The van der Waals surface area contributed by atoms with Crippen molar-refractivity contribution in [2.45, 2.75) is 6.42 Å². The van der Waals surface area contributed by atoms with Crippen molar-refractivity contribution in [1.29, 1.82) is 0 Å². The third-order valence-electron chi connectivity index (χ3n) is 2.06. The highest BCUT2D eigenvalue weighted by molar-refractivity contribution is 5.82. The molecule has 5 heteroatoms. The quantitative estimate of drug-likeness (QED) is 0.458. The Hall–Kier alpha value is -2.30. The maximum Gasteiger partial charge on any atom is 0.332 e. The van der Waals surface area contributed by atoms with Crippen LogP contribution in [-0.2, 0) is 6.42 Å². The summed E-state index contributed by atoms with van der Waals surface area (Å²) in [4.78, 5) is 10.4. The first-order valence-corrected chi connectivity index (χ1v) is 5.03. The van der Waals surface area contributed by atoms with E-state index in [1.54, 1.807) is 13.2 Å². The molecule has 0 saturated carbocycles. The van der Waals surface area contributed by atoms with Crippen LogP contribution in [0.25, 0.3) is 0 Å². The van der Waals surface area contributed by atoms with Crippen molar-refractivity contribution in [2.75, 3.05) is 7.11 Å². The Morgan fingerprint density at radius 3 is 3.00 bits per heavy atom. The third kappa shape index (κ3) is 3.98. The second-order valence-corrected chi connectivity index (χ2v) is 3.30. The van der Waals surface area contributed by atoms with E-state index in [1.807, 2.05) is 18.2 Å². The molecule has 1 rings (SSSR count). The molecule has 2 amide bonds. The zero-order valence-corrected chi connectivity index (χ0v) is 9.64. The molecule has 0 heterocycles. The van der Waals surface area contributed by atoms with Gasteiger partial charge in [0.25, 0.3) is 0 Å². The molecule has 0 aliphatic heterocycles. The van der Waals surface area contributed by atoms with Crippen LogP contribution in [0.1, 0.15) is 11.1 Å². The van der Waals surface area contributed by atoms with Gasteiger partial charge in [-0.05, 0) is 35.7 Å². The Balaban J connectivity index is 2.87. The molecule has 1 aromatic carbocycles. The molecular weight excluding hydrogens is 218 g/mol.